The molecular weight excluding hydrogens is 452 g/mol. The zero-order valence-corrected chi connectivity index (χ0v) is 21.3. The molecule has 0 amide bonds. The number of aliphatic carboxylic acids is 1. The summed E-state index contributed by atoms with van der Waals surface area (Å²) in [5.41, 5.74) is 0.488. The van der Waals surface area contributed by atoms with Crippen LogP contribution in [0.25, 0.3) is 0 Å². The van der Waals surface area contributed by atoms with Crippen LogP contribution >= 0.6 is 0 Å². The fourth-order valence-corrected chi connectivity index (χ4v) is 9.60. The second kappa shape index (κ2) is 9.21. The van der Waals surface area contributed by atoms with E-state index in [1.54, 1.807) is 0 Å². The quantitative estimate of drug-likeness (QED) is 0.400. The Morgan fingerprint density at radius 1 is 0.943 bits per heavy atom. The summed E-state index contributed by atoms with van der Waals surface area (Å²) in [5.74, 6) is 1.58. The van der Waals surface area contributed by atoms with E-state index < -0.39 is 36.7 Å². The number of ether oxygens (including phenoxy) is 2. The minimum absolute atomic E-state index is 0.170. The largest absolute Gasteiger partial charge is 0.479 e. The van der Waals surface area contributed by atoms with Crippen molar-refractivity contribution in [3.05, 3.63) is 0 Å². The number of fused-ring (bicyclic) bond motifs is 5. The van der Waals surface area contributed by atoms with Crippen molar-refractivity contribution in [3.63, 3.8) is 0 Å². The van der Waals surface area contributed by atoms with E-state index >= 15 is 0 Å². The summed E-state index contributed by atoms with van der Waals surface area (Å²) in [5, 5.41) is 50.6. The van der Waals surface area contributed by atoms with Crippen LogP contribution in [0, 0.1) is 40.4 Å². The normalized spacial score (nSPS) is 54.9. The Labute approximate surface area is 208 Å². The van der Waals surface area contributed by atoms with E-state index in [-0.39, 0.29) is 23.0 Å². The first-order valence-electron chi connectivity index (χ1n) is 13.7. The zero-order chi connectivity index (χ0) is 25.3. The summed E-state index contributed by atoms with van der Waals surface area (Å²) in [6, 6.07) is 0. The molecule has 5 fully saturated rings. The maximum Gasteiger partial charge on any atom is 0.335 e. The lowest BCUT2D eigenvalue weighted by molar-refractivity contribution is -0.300. The highest BCUT2D eigenvalue weighted by atomic mass is 16.7. The second-order valence-electron chi connectivity index (χ2n) is 12.9. The van der Waals surface area contributed by atoms with E-state index in [2.05, 4.69) is 13.8 Å². The van der Waals surface area contributed by atoms with Gasteiger partial charge in [-0.05, 0) is 105 Å². The highest BCUT2D eigenvalue weighted by Crippen LogP contribution is 2.67. The average Bonchev–Trinajstić information content (AvgIpc) is 3.16. The number of aliphatic hydroxyl groups excluding tert-OH is 4. The van der Waals surface area contributed by atoms with Crippen LogP contribution in [0.3, 0.4) is 0 Å². The Morgan fingerprint density at radius 3 is 2.31 bits per heavy atom. The Morgan fingerprint density at radius 2 is 1.63 bits per heavy atom. The lowest BCUT2D eigenvalue weighted by atomic mass is 9.44. The van der Waals surface area contributed by atoms with Crippen molar-refractivity contribution in [1.29, 1.82) is 0 Å². The van der Waals surface area contributed by atoms with Gasteiger partial charge in [-0.3, -0.25) is 0 Å². The predicted octanol–water partition coefficient (Wildman–Crippen LogP) is 2.30. The Balaban J connectivity index is 1.25. The lowest BCUT2D eigenvalue weighted by Gasteiger charge is -2.61. The minimum atomic E-state index is -1.68. The van der Waals surface area contributed by atoms with Crippen LogP contribution in [0.15, 0.2) is 0 Å². The van der Waals surface area contributed by atoms with Crippen LogP contribution in [-0.2, 0) is 14.3 Å². The number of carbonyl (C=O) groups is 1. The number of carboxylic acid groups (broad SMARTS) is 1. The number of aliphatic hydroxyl groups is 4. The topological polar surface area (TPSA) is 137 Å². The Kier molecular flexibility index (Phi) is 6.80. The van der Waals surface area contributed by atoms with Gasteiger partial charge in [-0.2, -0.15) is 0 Å². The van der Waals surface area contributed by atoms with Gasteiger partial charge in [0.15, 0.2) is 12.4 Å². The van der Waals surface area contributed by atoms with E-state index in [1.807, 2.05) is 6.92 Å². The molecule has 1 aliphatic heterocycles. The molecular formula is C27H44O8. The standard InChI is InChI=1S/C27H44O8/c1-13(28)17-6-7-18-16-5-4-14-12-15(8-10-26(14,2)19(16)9-11-27(17,18)3)34-23-21(30)20(29)22(24(31)32)35-25(23)33/h13-23,25,28-30,33H,4-12H2,1-3H3,(H,31,32)/t13?,14-,15-,16+,17-,18+,19+,20+,21+,22+,23-,25-,26+,27-/m1/s1. The van der Waals surface area contributed by atoms with Gasteiger partial charge in [-0.15, -0.1) is 0 Å². The summed E-state index contributed by atoms with van der Waals surface area (Å²) in [6.45, 7) is 6.86. The maximum atomic E-state index is 11.2. The minimum Gasteiger partial charge on any atom is -0.479 e. The Hall–Kier alpha value is -0.770. The number of hydrogen-bond donors (Lipinski definition) is 5. The molecule has 5 N–H and O–H groups in total. The molecule has 0 bridgehead atoms. The zero-order valence-electron chi connectivity index (χ0n) is 21.3. The molecule has 5 rings (SSSR count). The molecule has 8 nitrogen and oxygen atoms in total. The van der Waals surface area contributed by atoms with Crippen molar-refractivity contribution in [1.82, 2.24) is 0 Å². The monoisotopic (exact) mass is 496 g/mol. The van der Waals surface area contributed by atoms with Crippen molar-refractivity contribution < 1.29 is 39.8 Å². The van der Waals surface area contributed by atoms with Gasteiger partial charge < -0.3 is 35.0 Å². The highest BCUT2D eigenvalue weighted by Gasteiger charge is 2.61. The van der Waals surface area contributed by atoms with E-state index in [9.17, 15) is 25.2 Å². The van der Waals surface area contributed by atoms with Crippen molar-refractivity contribution >= 4 is 5.97 Å². The average molecular weight is 497 g/mol. The molecule has 1 unspecified atom stereocenters. The summed E-state index contributed by atoms with van der Waals surface area (Å²) < 4.78 is 11.2. The van der Waals surface area contributed by atoms with Gasteiger partial charge in [0.25, 0.3) is 0 Å². The van der Waals surface area contributed by atoms with Gasteiger partial charge in [0.05, 0.1) is 12.2 Å². The van der Waals surface area contributed by atoms with Gasteiger partial charge in [0, 0.05) is 0 Å². The van der Waals surface area contributed by atoms with Gasteiger partial charge in [-0.1, -0.05) is 13.8 Å². The third-order valence-corrected chi connectivity index (χ3v) is 11.4. The van der Waals surface area contributed by atoms with Crippen LogP contribution in [0.1, 0.15) is 78.6 Å². The van der Waals surface area contributed by atoms with Crippen LogP contribution in [0.2, 0.25) is 0 Å². The molecule has 0 aromatic carbocycles. The third kappa shape index (κ3) is 4.07. The van der Waals surface area contributed by atoms with Crippen LogP contribution in [-0.4, -0.2) is 74.4 Å². The first-order chi connectivity index (χ1) is 16.5. The maximum absolute atomic E-state index is 11.2. The molecule has 1 heterocycles. The fraction of sp³-hybridized carbons (Fsp3) is 0.963. The molecule has 0 spiro atoms. The first-order valence-corrected chi connectivity index (χ1v) is 13.7. The van der Waals surface area contributed by atoms with E-state index in [1.165, 1.54) is 25.7 Å². The van der Waals surface area contributed by atoms with Crippen LogP contribution in [0.4, 0.5) is 0 Å². The molecule has 1 saturated heterocycles. The summed E-state index contributed by atoms with van der Waals surface area (Å²) in [4.78, 5) is 11.2. The molecule has 4 saturated carbocycles. The second-order valence-corrected chi connectivity index (χ2v) is 12.9. The molecule has 4 aliphatic carbocycles. The first kappa shape index (κ1) is 25.9. The molecule has 8 heteroatoms. The molecule has 14 atom stereocenters. The van der Waals surface area contributed by atoms with E-state index in [0.717, 1.165) is 38.0 Å². The highest BCUT2D eigenvalue weighted by molar-refractivity contribution is 5.73. The third-order valence-electron chi connectivity index (χ3n) is 11.4. The summed E-state index contributed by atoms with van der Waals surface area (Å²) in [7, 11) is 0. The number of rotatable bonds is 4. The van der Waals surface area contributed by atoms with Crippen molar-refractivity contribution in [2.45, 2.75) is 121 Å². The number of hydrogen-bond acceptors (Lipinski definition) is 7. The Bertz CT molecular complexity index is 804. The van der Waals surface area contributed by atoms with Crippen molar-refractivity contribution in [3.8, 4) is 0 Å². The van der Waals surface area contributed by atoms with E-state index in [4.69, 9.17) is 14.6 Å². The predicted molar refractivity (Wildman–Crippen MR) is 126 cm³/mol. The van der Waals surface area contributed by atoms with Gasteiger partial charge in [0.1, 0.15) is 18.3 Å². The van der Waals surface area contributed by atoms with Crippen LogP contribution in [0.5, 0.6) is 0 Å². The SMILES string of the molecule is CC(O)[C@H]1CC[C@H]2[C@@H]3CC[C@@H]4C[C@H](O[C@@H]5[C@@H](O)[C@H](O)[C@@H](C(=O)O)O[C@H]5O)CC[C@]4(C)[C@H]3CC[C@]12C. The van der Waals surface area contributed by atoms with Crippen molar-refractivity contribution in [2.24, 2.45) is 40.4 Å². The molecule has 0 aromatic heterocycles. The molecule has 200 valence electrons. The summed E-state index contributed by atoms with van der Waals surface area (Å²) in [6.07, 6.45) is 1.77. The van der Waals surface area contributed by atoms with Crippen LogP contribution < -0.4 is 0 Å². The molecule has 0 aromatic rings. The number of carboxylic acids is 1. The smallest absolute Gasteiger partial charge is 0.335 e. The molecule has 35 heavy (non-hydrogen) atoms. The van der Waals surface area contributed by atoms with Gasteiger partial charge >= 0.3 is 5.97 Å². The van der Waals surface area contributed by atoms with E-state index in [0.29, 0.717) is 23.7 Å². The molecule has 0 radical (unpaired) electrons. The van der Waals surface area contributed by atoms with Gasteiger partial charge in [-0.25, -0.2) is 4.79 Å². The fourth-order valence-electron chi connectivity index (χ4n) is 9.60. The van der Waals surface area contributed by atoms with Gasteiger partial charge in [0.2, 0.25) is 0 Å². The summed E-state index contributed by atoms with van der Waals surface area (Å²) >= 11 is 0. The van der Waals surface area contributed by atoms with Crippen molar-refractivity contribution in [2.75, 3.05) is 0 Å². The molecule has 5 aliphatic rings. The lowest BCUT2D eigenvalue weighted by Crippen LogP contribution is -2.61.